The van der Waals surface area contributed by atoms with Crippen LogP contribution in [0.4, 0.5) is 0 Å². The monoisotopic (exact) mass is 307 g/mol. The van der Waals surface area contributed by atoms with E-state index >= 15 is 0 Å². The topological polar surface area (TPSA) is 62.5 Å². The SMILES string of the molecule is O=C(NCC1CCCC(O)C1)c1cc2cc(Cl)ccc2o1. The van der Waals surface area contributed by atoms with Crippen molar-refractivity contribution in [2.24, 2.45) is 5.92 Å². The van der Waals surface area contributed by atoms with Crippen LogP contribution in [0.2, 0.25) is 5.02 Å². The minimum atomic E-state index is -0.228. The second kappa shape index (κ2) is 6.08. The molecule has 21 heavy (non-hydrogen) atoms. The molecule has 3 rings (SSSR count). The van der Waals surface area contributed by atoms with Gasteiger partial charge in [0.1, 0.15) is 5.58 Å². The normalized spacial score (nSPS) is 22.4. The Morgan fingerprint density at radius 3 is 3.05 bits per heavy atom. The standard InChI is InChI=1S/C16H18ClNO3/c17-12-4-5-14-11(7-12)8-15(21-14)16(20)18-9-10-2-1-3-13(19)6-10/h4-5,7-8,10,13,19H,1-3,6,9H2,(H,18,20). The number of fused-ring (bicyclic) bond motifs is 1. The van der Waals surface area contributed by atoms with E-state index in [4.69, 9.17) is 16.0 Å². The molecule has 1 fully saturated rings. The number of benzene rings is 1. The zero-order valence-electron chi connectivity index (χ0n) is 11.6. The molecule has 1 aromatic heterocycles. The Labute approximate surface area is 128 Å². The molecule has 1 saturated carbocycles. The number of aliphatic hydroxyl groups is 1. The van der Waals surface area contributed by atoms with Crippen molar-refractivity contribution in [1.82, 2.24) is 5.32 Å². The van der Waals surface area contributed by atoms with Crippen molar-refractivity contribution in [3.05, 3.63) is 35.0 Å². The summed E-state index contributed by atoms with van der Waals surface area (Å²) in [6.45, 7) is 0.577. The van der Waals surface area contributed by atoms with E-state index < -0.39 is 0 Å². The molecule has 1 aromatic carbocycles. The van der Waals surface area contributed by atoms with Crippen LogP contribution in [-0.2, 0) is 0 Å². The van der Waals surface area contributed by atoms with Crippen LogP contribution in [-0.4, -0.2) is 23.7 Å². The quantitative estimate of drug-likeness (QED) is 0.914. The van der Waals surface area contributed by atoms with E-state index in [1.807, 2.05) is 0 Å². The number of hydrogen-bond donors (Lipinski definition) is 2. The summed E-state index contributed by atoms with van der Waals surface area (Å²) in [5.41, 5.74) is 0.651. The fourth-order valence-corrected chi connectivity index (χ4v) is 3.08. The first-order chi connectivity index (χ1) is 10.1. The maximum atomic E-state index is 12.1. The van der Waals surface area contributed by atoms with E-state index in [1.165, 1.54) is 0 Å². The third kappa shape index (κ3) is 3.39. The van der Waals surface area contributed by atoms with E-state index in [-0.39, 0.29) is 12.0 Å². The number of furan rings is 1. The average Bonchev–Trinajstić information content (AvgIpc) is 2.88. The van der Waals surface area contributed by atoms with Gasteiger partial charge in [0.15, 0.2) is 5.76 Å². The van der Waals surface area contributed by atoms with Gasteiger partial charge >= 0.3 is 0 Å². The summed E-state index contributed by atoms with van der Waals surface area (Å²) < 4.78 is 5.53. The van der Waals surface area contributed by atoms with E-state index in [1.54, 1.807) is 24.3 Å². The summed E-state index contributed by atoms with van der Waals surface area (Å²) in [5, 5.41) is 14.0. The summed E-state index contributed by atoms with van der Waals surface area (Å²) in [6.07, 6.45) is 3.47. The predicted molar refractivity (Wildman–Crippen MR) is 81.5 cm³/mol. The van der Waals surface area contributed by atoms with Crippen molar-refractivity contribution in [1.29, 1.82) is 0 Å². The van der Waals surface area contributed by atoms with Gasteiger partial charge < -0.3 is 14.8 Å². The molecule has 0 bridgehead atoms. The number of rotatable bonds is 3. The van der Waals surface area contributed by atoms with Gasteiger partial charge in [-0.05, 0) is 49.4 Å². The maximum Gasteiger partial charge on any atom is 0.287 e. The molecule has 4 nitrogen and oxygen atoms in total. The van der Waals surface area contributed by atoms with Gasteiger partial charge in [-0.2, -0.15) is 0 Å². The molecule has 2 aromatic rings. The van der Waals surface area contributed by atoms with E-state index in [0.29, 0.717) is 28.8 Å². The summed E-state index contributed by atoms with van der Waals surface area (Å²) in [6, 6.07) is 6.96. The van der Waals surface area contributed by atoms with Gasteiger partial charge in [0.05, 0.1) is 6.10 Å². The van der Waals surface area contributed by atoms with Crippen molar-refractivity contribution in [3.63, 3.8) is 0 Å². The minimum absolute atomic E-state index is 0.220. The van der Waals surface area contributed by atoms with E-state index in [0.717, 1.165) is 31.1 Å². The van der Waals surface area contributed by atoms with Crippen molar-refractivity contribution >= 4 is 28.5 Å². The maximum absolute atomic E-state index is 12.1. The third-order valence-corrected chi connectivity index (χ3v) is 4.24. The van der Waals surface area contributed by atoms with Gasteiger partial charge in [-0.25, -0.2) is 0 Å². The summed E-state index contributed by atoms with van der Waals surface area (Å²) in [4.78, 5) is 12.1. The van der Waals surface area contributed by atoms with E-state index in [2.05, 4.69) is 5.32 Å². The fourth-order valence-electron chi connectivity index (χ4n) is 2.90. The number of amides is 1. The van der Waals surface area contributed by atoms with Gasteiger partial charge in [-0.3, -0.25) is 4.79 Å². The van der Waals surface area contributed by atoms with Crippen molar-refractivity contribution in [2.75, 3.05) is 6.54 Å². The smallest absolute Gasteiger partial charge is 0.287 e. The minimum Gasteiger partial charge on any atom is -0.451 e. The summed E-state index contributed by atoms with van der Waals surface area (Å²) in [7, 11) is 0. The summed E-state index contributed by atoms with van der Waals surface area (Å²) in [5.74, 6) is 0.419. The van der Waals surface area contributed by atoms with Crippen molar-refractivity contribution in [2.45, 2.75) is 31.8 Å². The zero-order chi connectivity index (χ0) is 14.8. The molecule has 0 spiro atoms. The predicted octanol–water partition coefficient (Wildman–Crippen LogP) is 3.37. The van der Waals surface area contributed by atoms with Crippen LogP contribution < -0.4 is 5.32 Å². The molecule has 0 aliphatic heterocycles. The molecular formula is C16H18ClNO3. The Morgan fingerprint density at radius 2 is 2.24 bits per heavy atom. The van der Waals surface area contributed by atoms with Crippen LogP contribution in [0.5, 0.6) is 0 Å². The van der Waals surface area contributed by atoms with Crippen LogP contribution in [0.3, 0.4) is 0 Å². The molecular weight excluding hydrogens is 290 g/mol. The lowest BCUT2D eigenvalue weighted by Gasteiger charge is -2.25. The molecule has 1 aliphatic carbocycles. The Bertz CT molecular complexity index is 652. The highest BCUT2D eigenvalue weighted by molar-refractivity contribution is 6.31. The molecule has 1 aliphatic rings. The Balaban J connectivity index is 1.63. The molecule has 2 N–H and O–H groups in total. The number of carbonyl (C=O) groups is 1. The highest BCUT2D eigenvalue weighted by Gasteiger charge is 2.21. The van der Waals surface area contributed by atoms with Gasteiger partial charge in [-0.15, -0.1) is 0 Å². The Hall–Kier alpha value is -1.52. The summed E-state index contributed by atoms with van der Waals surface area (Å²) >= 11 is 5.92. The first-order valence-corrected chi connectivity index (χ1v) is 7.65. The number of carbonyl (C=O) groups excluding carboxylic acids is 1. The van der Waals surface area contributed by atoms with Gasteiger partial charge in [0.2, 0.25) is 0 Å². The first kappa shape index (κ1) is 14.4. The molecule has 1 heterocycles. The molecule has 112 valence electrons. The van der Waals surface area contributed by atoms with E-state index in [9.17, 15) is 9.90 Å². The Morgan fingerprint density at radius 1 is 1.38 bits per heavy atom. The largest absolute Gasteiger partial charge is 0.451 e. The lowest BCUT2D eigenvalue weighted by atomic mass is 9.87. The first-order valence-electron chi connectivity index (χ1n) is 7.27. The highest BCUT2D eigenvalue weighted by Crippen LogP contribution is 2.25. The second-order valence-electron chi connectivity index (χ2n) is 5.69. The molecule has 0 radical (unpaired) electrons. The average molecular weight is 308 g/mol. The number of halogens is 1. The van der Waals surface area contributed by atoms with Crippen LogP contribution in [0.15, 0.2) is 28.7 Å². The molecule has 2 atom stereocenters. The Kier molecular flexibility index (Phi) is 4.17. The number of hydrogen-bond acceptors (Lipinski definition) is 3. The van der Waals surface area contributed by atoms with Gasteiger partial charge in [0, 0.05) is 17.0 Å². The van der Waals surface area contributed by atoms with Crippen LogP contribution >= 0.6 is 11.6 Å². The molecule has 1 amide bonds. The zero-order valence-corrected chi connectivity index (χ0v) is 12.4. The van der Waals surface area contributed by atoms with Crippen LogP contribution in [0.1, 0.15) is 36.2 Å². The second-order valence-corrected chi connectivity index (χ2v) is 6.13. The third-order valence-electron chi connectivity index (χ3n) is 4.01. The number of nitrogens with one attached hydrogen (secondary N) is 1. The van der Waals surface area contributed by atoms with Crippen molar-refractivity contribution < 1.29 is 14.3 Å². The lowest BCUT2D eigenvalue weighted by Crippen LogP contribution is -2.32. The van der Waals surface area contributed by atoms with Gasteiger partial charge in [-0.1, -0.05) is 18.0 Å². The lowest BCUT2D eigenvalue weighted by molar-refractivity contribution is 0.0855. The molecule has 5 heteroatoms. The number of aliphatic hydroxyl groups excluding tert-OH is 1. The van der Waals surface area contributed by atoms with Gasteiger partial charge in [0.25, 0.3) is 5.91 Å². The van der Waals surface area contributed by atoms with Crippen LogP contribution in [0.25, 0.3) is 11.0 Å². The van der Waals surface area contributed by atoms with Crippen LogP contribution in [0, 0.1) is 5.92 Å². The van der Waals surface area contributed by atoms with Crippen molar-refractivity contribution in [3.8, 4) is 0 Å². The fraction of sp³-hybridized carbons (Fsp3) is 0.438. The molecule has 2 unspecified atom stereocenters. The highest BCUT2D eigenvalue weighted by atomic mass is 35.5. The molecule has 0 saturated heterocycles.